The summed E-state index contributed by atoms with van der Waals surface area (Å²) in [5.41, 5.74) is 0.413. The van der Waals surface area contributed by atoms with Crippen LogP contribution in [0.3, 0.4) is 0 Å². The van der Waals surface area contributed by atoms with E-state index in [9.17, 15) is 14.9 Å². The third kappa shape index (κ3) is 2.42. The smallest absolute Gasteiger partial charge is 0.478 e. The standard InChI is InChI=1S/C9H6BrN5O4/c1-4-2-3-5(7(16)17)6(11-4)14-8(10)12-9(13-14)15(18)19/h2-3H,1H3,(H,16,17). The van der Waals surface area contributed by atoms with Crippen LogP contribution < -0.4 is 0 Å². The number of aromatic carboxylic acids is 1. The predicted molar refractivity (Wildman–Crippen MR) is 65.2 cm³/mol. The number of rotatable bonds is 3. The summed E-state index contributed by atoms with van der Waals surface area (Å²) < 4.78 is 0.967. The van der Waals surface area contributed by atoms with Crippen molar-refractivity contribution in [3.05, 3.63) is 38.2 Å². The van der Waals surface area contributed by atoms with Crippen molar-refractivity contribution in [1.82, 2.24) is 19.7 Å². The van der Waals surface area contributed by atoms with E-state index >= 15 is 0 Å². The Morgan fingerprint density at radius 3 is 2.68 bits per heavy atom. The monoisotopic (exact) mass is 327 g/mol. The average molecular weight is 328 g/mol. The highest BCUT2D eigenvalue weighted by molar-refractivity contribution is 9.10. The number of aromatic nitrogens is 4. The molecule has 0 saturated heterocycles. The van der Waals surface area contributed by atoms with Gasteiger partial charge in [0.15, 0.2) is 5.82 Å². The van der Waals surface area contributed by atoms with Gasteiger partial charge in [0, 0.05) is 26.7 Å². The molecule has 2 aromatic heterocycles. The van der Waals surface area contributed by atoms with Gasteiger partial charge in [0.25, 0.3) is 4.73 Å². The molecule has 1 N–H and O–H groups in total. The van der Waals surface area contributed by atoms with Crippen LogP contribution in [-0.4, -0.2) is 35.7 Å². The summed E-state index contributed by atoms with van der Waals surface area (Å²) in [6.45, 7) is 1.66. The number of hydrogen-bond donors (Lipinski definition) is 1. The van der Waals surface area contributed by atoms with Gasteiger partial charge in [-0.1, -0.05) is 0 Å². The Kier molecular flexibility index (Phi) is 3.25. The molecule has 0 aliphatic carbocycles. The Hall–Kier alpha value is -2.36. The van der Waals surface area contributed by atoms with E-state index in [2.05, 4.69) is 31.0 Å². The number of nitro groups is 1. The van der Waals surface area contributed by atoms with Crippen molar-refractivity contribution in [3.8, 4) is 5.82 Å². The van der Waals surface area contributed by atoms with Crippen LogP contribution >= 0.6 is 15.9 Å². The first-order chi connectivity index (χ1) is 8.90. The minimum absolute atomic E-state index is 0.000185. The molecule has 2 heterocycles. The Balaban J connectivity index is 2.67. The van der Waals surface area contributed by atoms with E-state index < -0.39 is 16.8 Å². The zero-order chi connectivity index (χ0) is 14.2. The molecule has 2 rings (SSSR count). The van der Waals surface area contributed by atoms with E-state index in [0.717, 1.165) is 4.68 Å². The molecule has 0 amide bonds. The fourth-order valence-corrected chi connectivity index (χ4v) is 1.77. The Labute approximate surface area is 114 Å². The van der Waals surface area contributed by atoms with Gasteiger partial charge >= 0.3 is 11.9 Å². The minimum atomic E-state index is -1.22. The highest BCUT2D eigenvalue weighted by atomic mass is 79.9. The molecule has 19 heavy (non-hydrogen) atoms. The maximum atomic E-state index is 11.1. The molecule has 0 saturated carbocycles. The second kappa shape index (κ2) is 4.72. The molecule has 0 unspecified atom stereocenters. The maximum Gasteiger partial charge on any atom is 0.492 e. The summed E-state index contributed by atoms with van der Waals surface area (Å²) in [5, 5.41) is 23.3. The summed E-state index contributed by atoms with van der Waals surface area (Å²) in [6, 6.07) is 2.87. The molecular weight excluding hydrogens is 322 g/mol. The summed E-state index contributed by atoms with van der Waals surface area (Å²) in [4.78, 5) is 28.5. The number of carboxylic acids is 1. The molecule has 98 valence electrons. The number of aryl methyl sites for hydroxylation is 1. The van der Waals surface area contributed by atoms with Gasteiger partial charge in [0.05, 0.1) is 0 Å². The number of halogens is 1. The molecular formula is C9H6BrN5O4. The SMILES string of the molecule is Cc1ccc(C(=O)O)c(-n2nc([N+](=O)[O-])nc2Br)n1. The first-order valence-electron chi connectivity index (χ1n) is 4.88. The van der Waals surface area contributed by atoms with E-state index in [4.69, 9.17) is 5.11 Å². The largest absolute Gasteiger partial charge is 0.492 e. The van der Waals surface area contributed by atoms with Gasteiger partial charge in [-0.15, -0.1) is 4.68 Å². The van der Waals surface area contributed by atoms with Gasteiger partial charge in [0.1, 0.15) is 5.56 Å². The number of nitrogens with zero attached hydrogens (tertiary/aromatic N) is 5. The number of carbonyl (C=O) groups is 1. The third-order valence-electron chi connectivity index (χ3n) is 2.17. The van der Waals surface area contributed by atoms with Gasteiger partial charge in [-0.25, -0.2) is 9.78 Å². The average Bonchev–Trinajstić information content (AvgIpc) is 2.71. The van der Waals surface area contributed by atoms with Gasteiger partial charge < -0.3 is 15.2 Å². The summed E-state index contributed by atoms with van der Waals surface area (Å²) in [7, 11) is 0. The van der Waals surface area contributed by atoms with Crippen molar-refractivity contribution in [3.63, 3.8) is 0 Å². The second-order valence-corrected chi connectivity index (χ2v) is 4.19. The molecule has 0 fully saturated rings. The first kappa shape index (κ1) is 13.1. The van der Waals surface area contributed by atoms with E-state index in [1.54, 1.807) is 6.92 Å². The maximum absolute atomic E-state index is 11.1. The van der Waals surface area contributed by atoms with E-state index in [0.29, 0.717) is 5.69 Å². The quantitative estimate of drug-likeness (QED) is 0.666. The van der Waals surface area contributed by atoms with Crippen molar-refractivity contribution in [2.45, 2.75) is 6.92 Å². The third-order valence-corrected chi connectivity index (χ3v) is 2.68. The van der Waals surface area contributed by atoms with Gasteiger partial charge in [-0.2, -0.15) is 0 Å². The van der Waals surface area contributed by atoms with Crippen molar-refractivity contribution in [2.75, 3.05) is 0 Å². The van der Waals surface area contributed by atoms with Gasteiger partial charge in [-0.3, -0.25) is 0 Å². The number of pyridine rings is 1. The molecule has 0 atom stereocenters. The minimum Gasteiger partial charge on any atom is -0.478 e. The topological polar surface area (TPSA) is 124 Å². The Morgan fingerprint density at radius 1 is 1.47 bits per heavy atom. The zero-order valence-corrected chi connectivity index (χ0v) is 11.0. The predicted octanol–water partition coefficient (Wildman–Crippen LogP) is 1.34. The van der Waals surface area contributed by atoms with E-state index in [1.165, 1.54) is 12.1 Å². The second-order valence-electron chi connectivity index (χ2n) is 3.48. The molecule has 0 bridgehead atoms. The van der Waals surface area contributed by atoms with Crippen LogP contribution in [0.5, 0.6) is 0 Å². The van der Waals surface area contributed by atoms with Crippen LogP contribution in [0, 0.1) is 17.0 Å². The molecule has 9 nitrogen and oxygen atoms in total. The molecule has 0 radical (unpaired) electrons. The highest BCUT2D eigenvalue weighted by Gasteiger charge is 2.25. The number of hydrogen-bond acceptors (Lipinski definition) is 6. The molecule has 2 aromatic rings. The summed E-state index contributed by atoms with van der Waals surface area (Å²) >= 11 is 2.98. The van der Waals surface area contributed by atoms with E-state index in [1.807, 2.05) is 0 Å². The normalized spacial score (nSPS) is 10.4. The molecule has 10 heteroatoms. The fourth-order valence-electron chi connectivity index (χ4n) is 1.37. The highest BCUT2D eigenvalue weighted by Crippen LogP contribution is 2.20. The van der Waals surface area contributed by atoms with Crippen molar-refractivity contribution in [2.24, 2.45) is 0 Å². The van der Waals surface area contributed by atoms with Crippen LogP contribution in [0.4, 0.5) is 5.95 Å². The Morgan fingerprint density at radius 2 is 2.16 bits per heavy atom. The van der Waals surface area contributed by atoms with Crippen molar-refractivity contribution in [1.29, 1.82) is 0 Å². The molecule has 0 spiro atoms. The lowest BCUT2D eigenvalue weighted by molar-refractivity contribution is -0.394. The first-order valence-corrected chi connectivity index (χ1v) is 5.67. The van der Waals surface area contributed by atoms with E-state index in [-0.39, 0.29) is 16.1 Å². The molecule has 0 aliphatic heterocycles. The lowest BCUT2D eigenvalue weighted by Gasteiger charge is -2.03. The lowest BCUT2D eigenvalue weighted by Crippen LogP contribution is -2.10. The lowest BCUT2D eigenvalue weighted by atomic mass is 10.2. The van der Waals surface area contributed by atoms with Crippen molar-refractivity contribution >= 4 is 27.8 Å². The van der Waals surface area contributed by atoms with Gasteiger partial charge in [-0.05, 0) is 29.0 Å². The summed E-state index contributed by atoms with van der Waals surface area (Å²) in [6.07, 6.45) is 0. The Bertz CT molecular complexity index is 683. The summed E-state index contributed by atoms with van der Waals surface area (Å²) in [5.74, 6) is -1.90. The van der Waals surface area contributed by atoms with Gasteiger partial charge in [0.2, 0.25) is 0 Å². The molecule has 0 aliphatic rings. The van der Waals surface area contributed by atoms with Crippen LogP contribution in [0.15, 0.2) is 16.9 Å². The van der Waals surface area contributed by atoms with Crippen molar-refractivity contribution < 1.29 is 14.8 Å². The van der Waals surface area contributed by atoms with Crippen LogP contribution in [0.1, 0.15) is 16.1 Å². The number of carboxylic acid groups (broad SMARTS) is 1. The van der Waals surface area contributed by atoms with Crippen LogP contribution in [-0.2, 0) is 0 Å². The zero-order valence-electron chi connectivity index (χ0n) is 9.44. The fraction of sp³-hybridized carbons (Fsp3) is 0.111. The molecule has 0 aromatic carbocycles. The van der Waals surface area contributed by atoms with Crippen LogP contribution in [0.25, 0.3) is 5.82 Å². The van der Waals surface area contributed by atoms with Crippen LogP contribution in [0.2, 0.25) is 0 Å².